The second kappa shape index (κ2) is 7.37. The van der Waals surface area contributed by atoms with E-state index in [4.69, 9.17) is 11.6 Å². The molecule has 116 valence electrons. The molecule has 3 rings (SSSR count). The van der Waals surface area contributed by atoms with Crippen molar-refractivity contribution in [1.82, 2.24) is 0 Å². The Morgan fingerprint density at radius 2 is 1.67 bits per heavy atom. The average molecular weight is 371 g/mol. The first-order valence-corrected chi connectivity index (χ1v) is 9.63. The summed E-state index contributed by atoms with van der Waals surface area (Å²) in [4.78, 5) is 0. The highest BCUT2D eigenvalue weighted by molar-refractivity contribution is 9.10. The first-order valence-electron chi connectivity index (χ1n) is 8.45. The molecule has 1 aromatic carbocycles. The van der Waals surface area contributed by atoms with E-state index in [1.165, 1.54) is 57.8 Å². The topological polar surface area (TPSA) is 12.0 Å². The number of rotatable bonds is 3. The van der Waals surface area contributed by atoms with Crippen molar-refractivity contribution in [1.29, 1.82) is 0 Å². The van der Waals surface area contributed by atoms with Gasteiger partial charge in [-0.1, -0.05) is 56.5 Å². The average Bonchev–Trinajstić information content (AvgIpc) is 2.52. The normalized spacial score (nSPS) is 27.5. The Kier molecular flexibility index (Phi) is 5.50. The van der Waals surface area contributed by atoms with Crippen LogP contribution < -0.4 is 5.32 Å². The second-order valence-corrected chi connectivity index (χ2v) is 8.01. The summed E-state index contributed by atoms with van der Waals surface area (Å²) in [5.74, 6) is 1.79. The Labute approximate surface area is 142 Å². The molecule has 0 amide bonds. The molecular weight excluding hydrogens is 346 g/mol. The first-order chi connectivity index (χ1) is 10.2. The fraction of sp³-hybridized carbons (Fsp3) is 0.667. The van der Waals surface area contributed by atoms with Crippen LogP contribution in [0.25, 0.3) is 0 Å². The van der Waals surface area contributed by atoms with Gasteiger partial charge in [0.1, 0.15) is 0 Å². The maximum atomic E-state index is 6.16. The minimum atomic E-state index is 0.622. The molecule has 2 fully saturated rings. The van der Waals surface area contributed by atoms with Crippen LogP contribution in [0.2, 0.25) is 5.02 Å². The number of nitrogens with one attached hydrogen (secondary N) is 1. The highest BCUT2D eigenvalue weighted by Gasteiger charge is 2.32. The Hall–Kier alpha value is -0.210. The summed E-state index contributed by atoms with van der Waals surface area (Å²) in [5.41, 5.74) is 1.16. The Balaban J connectivity index is 1.73. The fourth-order valence-electron chi connectivity index (χ4n) is 4.27. The van der Waals surface area contributed by atoms with E-state index in [1.54, 1.807) is 0 Å². The molecule has 2 aliphatic carbocycles. The third kappa shape index (κ3) is 3.96. The summed E-state index contributed by atoms with van der Waals surface area (Å²) < 4.78 is 1.12. The summed E-state index contributed by atoms with van der Waals surface area (Å²) in [7, 11) is 0. The molecular formula is C18H25BrClN. The number of hydrogen-bond donors (Lipinski definition) is 1. The van der Waals surface area contributed by atoms with Crippen molar-refractivity contribution < 1.29 is 0 Å². The van der Waals surface area contributed by atoms with Gasteiger partial charge in [0.15, 0.2) is 0 Å². The minimum Gasteiger partial charge on any atom is -0.381 e. The molecule has 2 aliphatic rings. The van der Waals surface area contributed by atoms with Crippen LogP contribution in [-0.2, 0) is 0 Å². The molecule has 0 bridgehead atoms. The number of anilines is 1. The summed E-state index contributed by atoms with van der Waals surface area (Å²) >= 11 is 9.81. The zero-order valence-electron chi connectivity index (χ0n) is 12.6. The van der Waals surface area contributed by atoms with Crippen molar-refractivity contribution in [2.45, 2.75) is 63.8 Å². The van der Waals surface area contributed by atoms with E-state index in [0.29, 0.717) is 6.04 Å². The third-order valence-electron chi connectivity index (χ3n) is 5.34. The molecule has 0 heterocycles. The highest BCUT2D eigenvalue weighted by atomic mass is 79.9. The lowest BCUT2D eigenvalue weighted by Gasteiger charge is -2.40. The van der Waals surface area contributed by atoms with Gasteiger partial charge in [-0.2, -0.15) is 0 Å². The second-order valence-electron chi connectivity index (χ2n) is 6.72. The lowest BCUT2D eigenvalue weighted by Crippen LogP contribution is -2.37. The van der Waals surface area contributed by atoms with Gasteiger partial charge in [0, 0.05) is 15.5 Å². The van der Waals surface area contributed by atoms with Crippen LogP contribution in [0.4, 0.5) is 5.69 Å². The number of benzene rings is 1. The number of hydrogen-bond acceptors (Lipinski definition) is 1. The van der Waals surface area contributed by atoms with E-state index >= 15 is 0 Å². The molecule has 0 radical (unpaired) electrons. The third-order valence-corrected chi connectivity index (χ3v) is 6.27. The lowest BCUT2D eigenvalue weighted by atomic mass is 9.71. The molecule has 2 unspecified atom stereocenters. The van der Waals surface area contributed by atoms with E-state index in [2.05, 4.69) is 27.3 Å². The molecule has 1 aromatic rings. The Morgan fingerprint density at radius 3 is 2.48 bits per heavy atom. The van der Waals surface area contributed by atoms with Crippen LogP contribution in [0.5, 0.6) is 0 Å². The monoisotopic (exact) mass is 369 g/mol. The zero-order chi connectivity index (χ0) is 14.7. The smallest absolute Gasteiger partial charge is 0.0501 e. The van der Waals surface area contributed by atoms with Crippen LogP contribution >= 0.6 is 27.5 Å². The van der Waals surface area contributed by atoms with Crippen LogP contribution in [-0.4, -0.2) is 6.04 Å². The van der Waals surface area contributed by atoms with Gasteiger partial charge in [0.25, 0.3) is 0 Å². The molecule has 0 aromatic heterocycles. The van der Waals surface area contributed by atoms with E-state index in [9.17, 15) is 0 Å². The van der Waals surface area contributed by atoms with Gasteiger partial charge in [-0.05, 0) is 58.8 Å². The van der Waals surface area contributed by atoms with Crippen molar-refractivity contribution in [3.8, 4) is 0 Å². The summed E-state index contributed by atoms with van der Waals surface area (Å²) in [5, 5.41) is 4.62. The van der Waals surface area contributed by atoms with Gasteiger partial charge >= 0.3 is 0 Å². The molecule has 21 heavy (non-hydrogen) atoms. The summed E-state index contributed by atoms with van der Waals surface area (Å²) in [6.07, 6.45) is 12.7. The van der Waals surface area contributed by atoms with Gasteiger partial charge in [0.2, 0.25) is 0 Å². The summed E-state index contributed by atoms with van der Waals surface area (Å²) in [6.45, 7) is 0. The maximum Gasteiger partial charge on any atom is 0.0501 e. The molecule has 0 saturated heterocycles. The van der Waals surface area contributed by atoms with Crippen LogP contribution in [0.1, 0.15) is 57.8 Å². The Bertz CT molecular complexity index is 470. The SMILES string of the molecule is Clc1ccc(Br)c(NC2CCCCC2C2CCCCC2)c1. The maximum absolute atomic E-state index is 6.16. The van der Waals surface area contributed by atoms with Gasteiger partial charge in [0.05, 0.1) is 5.69 Å². The van der Waals surface area contributed by atoms with Crippen molar-refractivity contribution in [2.75, 3.05) is 5.32 Å². The van der Waals surface area contributed by atoms with E-state index in [-0.39, 0.29) is 0 Å². The predicted octanol–water partition coefficient (Wildman–Crippen LogP) is 6.65. The fourth-order valence-corrected chi connectivity index (χ4v) is 4.81. The van der Waals surface area contributed by atoms with Gasteiger partial charge in [-0.25, -0.2) is 0 Å². The van der Waals surface area contributed by atoms with Gasteiger partial charge < -0.3 is 5.32 Å². The van der Waals surface area contributed by atoms with Gasteiger partial charge in [-0.15, -0.1) is 0 Å². The molecule has 2 atom stereocenters. The van der Waals surface area contributed by atoms with E-state index in [1.807, 2.05) is 12.1 Å². The van der Waals surface area contributed by atoms with Crippen LogP contribution in [0.3, 0.4) is 0 Å². The zero-order valence-corrected chi connectivity index (χ0v) is 14.9. The van der Waals surface area contributed by atoms with E-state index < -0.39 is 0 Å². The molecule has 2 saturated carbocycles. The number of halogens is 2. The molecule has 0 aliphatic heterocycles. The first kappa shape index (κ1) is 15.7. The molecule has 0 spiro atoms. The standard InChI is InChI=1S/C18H25BrClN/c19-16-11-10-14(20)12-18(16)21-17-9-5-4-8-15(17)13-6-2-1-3-7-13/h10-13,15,17,21H,1-9H2. The summed E-state index contributed by atoms with van der Waals surface area (Å²) in [6, 6.07) is 6.66. The predicted molar refractivity (Wildman–Crippen MR) is 95.1 cm³/mol. The minimum absolute atomic E-state index is 0.622. The molecule has 1 nitrogen and oxygen atoms in total. The Morgan fingerprint density at radius 1 is 0.952 bits per heavy atom. The van der Waals surface area contributed by atoms with Crippen molar-refractivity contribution >= 4 is 33.2 Å². The lowest BCUT2D eigenvalue weighted by molar-refractivity contribution is 0.180. The highest BCUT2D eigenvalue weighted by Crippen LogP contribution is 2.40. The van der Waals surface area contributed by atoms with Crippen LogP contribution in [0, 0.1) is 11.8 Å². The van der Waals surface area contributed by atoms with Crippen molar-refractivity contribution in [3.63, 3.8) is 0 Å². The van der Waals surface area contributed by atoms with Crippen molar-refractivity contribution in [3.05, 3.63) is 27.7 Å². The van der Waals surface area contributed by atoms with Crippen LogP contribution in [0.15, 0.2) is 22.7 Å². The molecule has 3 heteroatoms. The molecule has 1 N–H and O–H groups in total. The van der Waals surface area contributed by atoms with Crippen molar-refractivity contribution in [2.24, 2.45) is 11.8 Å². The van der Waals surface area contributed by atoms with Gasteiger partial charge in [-0.3, -0.25) is 0 Å². The van der Waals surface area contributed by atoms with E-state index in [0.717, 1.165) is 27.0 Å². The largest absolute Gasteiger partial charge is 0.381 e. The quantitative estimate of drug-likeness (QED) is 0.627.